The first kappa shape index (κ1) is 23.9. The van der Waals surface area contributed by atoms with E-state index in [1.165, 1.54) is 55.4 Å². The Bertz CT molecular complexity index is 665. The van der Waals surface area contributed by atoms with Crippen LogP contribution in [0, 0.1) is 0 Å². The Kier molecular flexibility index (Phi) is 9.66. The SMILES string of the molecule is CCC[CH2][Sn]([CH2]CCC)([CH2]CCC)[c]1ccc(C(=O)NN2C(=O)CCC2=O)cc1. The van der Waals surface area contributed by atoms with E-state index in [0.29, 0.717) is 5.56 Å². The van der Waals surface area contributed by atoms with Gasteiger partial charge in [-0.15, -0.1) is 0 Å². The molecule has 0 aliphatic carbocycles. The van der Waals surface area contributed by atoms with Crippen LogP contribution in [0.25, 0.3) is 0 Å². The molecule has 0 bridgehead atoms. The van der Waals surface area contributed by atoms with Gasteiger partial charge in [-0.25, -0.2) is 0 Å². The molecule has 29 heavy (non-hydrogen) atoms. The summed E-state index contributed by atoms with van der Waals surface area (Å²) in [5.74, 6) is -1.07. The fraction of sp³-hybridized carbons (Fsp3) is 0.609. The van der Waals surface area contributed by atoms with Crippen LogP contribution < -0.4 is 9.01 Å². The molecule has 1 aromatic rings. The molecule has 160 valence electrons. The van der Waals surface area contributed by atoms with Gasteiger partial charge in [0.05, 0.1) is 0 Å². The second-order valence-electron chi connectivity index (χ2n) is 8.23. The molecule has 1 fully saturated rings. The maximum absolute atomic E-state index is 12.5. The molecule has 1 aliphatic rings. The van der Waals surface area contributed by atoms with Gasteiger partial charge in [0, 0.05) is 0 Å². The predicted octanol–water partition coefficient (Wildman–Crippen LogP) is 4.54. The van der Waals surface area contributed by atoms with Crippen LogP contribution in [-0.2, 0) is 9.59 Å². The van der Waals surface area contributed by atoms with Crippen molar-refractivity contribution >= 4 is 39.7 Å². The summed E-state index contributed by atoms with van der Waals surface area (Å²) in [5.41, 5.74) is 2.97. The maximum atomic E-state index is 12.5. The van der Waals surface area contributed by atoms with E-state index in [2.05, 4.69) is 38.3 Å². The van der Waals surface area contributed by atoms with E-state index in [1.807, 2.05) is 12.1 Å². The van der Waals surface area contributed by atoms with E-state index in [4.69, 9.17) is 0 Å². The zero-order valence-electron chi connectivity index (χ0n) is 18.3. The summed E-state index contributed by atoms with van der Waals surface area (Å²) in [6.07, 6.45) is 7.92. The van der Waals surface area contributed by atoms with Crippen LogP contribution >= 0.6 is 0 Å². The summed E-state index contributed by atoms with van der Waals surface area (Å²) < 4.78 is 5.66. The van der Waals surface area contributed by atoms with Gasteiger partial charge in [0.1, 0.15) is 0 Å². The molecule has 0 aromatic heterocycles. The fourth-order valence-electron chi connectivity index (χ4n) is 4.20. The number of hydrogen-bond acceptors (Lipinski definition) is 3. The van der Waals surface area contributed by atoms with E-state index in [0.717, 1.165) is 5.01 Å². The van der Waals surface area contributed by atoms with Crippen molar-refractivity contribution in [2.75, 3.05) is 0 Å². The van der Waals surface area contributed by atoms with Gasteiger partial charge in [-0.3, -0.25) is 0 Å². The number of unbranched alkanes of at least 4 members (excludes halogenated alkanes) is 3. The molecule has 1 N–H and O–H groups in total. The molecule has 0 spiro atoms. The molecule has 2 rings (SSSR count). The second-order valence-corrected chi connectivity index (χ2v) is 21.5. The molecule has 0 unspecified atom stereocenters. The molecule has 1 aliphatic heterocycles. The number of nitrogens with zero attached hydrogens (tertiary/aromatic N) is 1. The summed E-state index contributed by atoms with van der Waals surface area (Å²) in [6, 6.07) is 8.09. The number of amides is 3. The molecule has 0 saturated carbocycles. The molecule has 1 saturated heterocycles. The van der Waals surface area contributed by atoms with Crippen LogP contribution in [0.15, 0.2) is 24.3 Å². The van der Waals surface area contributed by atoms with Gasteiger partial charge in [0.25, 0.3) is 0 Å². The van der Waals surface area contributed by atoms with Gasteiger partial charge in [-0.05, 0) is 0 Å². The standard InChI is InChI=1S/C11H9N2O3.3C4H9.Sn/c14-9-6-7-10(15)13(9)12-11(16)8-4-2-1-3-5-8;3*1-3-4-2;/h2-5H,6-7H2,(H,12,16);3*1,3-4H2,2H3;. The molecule has 1 heterocycles. The first-order valence-corrected chi connectivity index (χ1v) is 18.7. The van der Waals surface area contributed by atoms with Crippen molar-refractivity contribution < 1.29 is 14.4 Å². The third kappa shape index (κ3) is 6.30. The number of imide groups is 1. The van der Waals surface area contributed by atoms with E-state index >= 15 is 0 Å². The van der Waals surface area contributed by atoms with E-state index in [1.54, 1.807) is 0 Å². The first-order valence-electron chi connectivity index (χ1n) is 11.2. The number of hydrogen-bond donors (Lipinski definition) is 1. The van der Waals surface area contributed by atoms with Crippen molar-refractivity contribution in [2.24, 2.45) is 0 Å². The number of benzene rings is 1. The van der Waals surface area contributed by atoms with Crippen LogP contribution in [0.5, 0.6) is 0 Å². The Morgan fingerprint density at radius 1 is 0.862 bits per heavy atom. The minimum atomic E-state index is -2.50. The molecule has 1 aromatic carbocycles. The summed E-state index contributed by atoms with van der Waals surface area (Å²) in [7, 11) is 0. The van der Waals surface area contributed by atoms with Crippen molar-refractivity contribution in [3.8, 4) is 0 Å². The molecule has 0 atom stereocenters. The van der Waals surface area contributed by atoms with Crippen LogP contribution in [0.4, 0.5) is 0 Å². The summed E-state index contributed by atoms with van der Waals surface area (Å²) in [6.45, 7) is 6.81. The average molecular weight is 507 g/mol. The van der Waals surface area contributed by atoms with Gasteiger partial charge < -0.3 is 0 Å². The van der Waals surface area contributed by atoms with Crippen LogP contribution in [0.3, 0.4) is 0 Å². The number of carbonyl (C=O) groups is 3. The van der Waals surface area contributed by atoms with Gasteiger partial charge >= 0.3 is 180 Å². The number of rotatable bonds is 12. The van der Waals surface area contributed by atoms with Gasteiger partial charge in [0.2, 0.25) is 0 Å². The summed E-state index contributed by atoms with van der Waals surface area (Å²) in [4.78, 5) is 36.0. The molecule has 3 amide bonds. The first-order chi connectivity index (χ1) is 14.0. The van der Waals surface area contributed by atoms with Crippen LogP contribution in [-0.4, -0.2) is 41.1 Å². The van der Waals surface area contributed by atoms with Crippen molar-refractivity contribution in [3.05, 3.63) is 29.8 Å². The summed E-state index contributed by atoms with van der Waals surface area (Å²) in [5, 5.41) is 0.865. The van der Waals surface area contributed by atoms with E-state index in [9.17, 15) is 14.4 Å². The topological polar surface area (TPSA) is 66.5 Å². The molecule has 6 heteroatoms. The quantitative estimate of drug-likeness (QED) is 0.334. The number of hydrazine groups is 1. The van der Waals surface area contributed by atoms with Crippen LogP contribution in [0.1, 0.15) is 82.5 Å². The van der Waals surface area contributed by atoms with Crippen molar-refractivity contribution in [1.82, 2.24) is 10.4 Å². The third-order valence-corrected chi connectivity index (χ3v) is 21.7. The zero-order chi connectivity index (χ0) is 21.3. The van der Waals surface area contributed by atoms with Gasteiger partial charge in [0.15, 0.2) is 0 Å². The zero-order valence-corrected chi connectivity index (χ0v) is 21.1. The van der Waals surface area contributed by atoms with Crippen molar-refractivity contribution in [3.63, 3.8) is 0 Å². The Morgan fingerprint density at radius 3 is 1.72 bits per heavy atom. The summed E-state index contributed by atoms with van der Waals surface area (Å²) >= 11 is -2.50. The Labute approximate surface area is 179 Å². The predicted molar refractivity (Wildman–Crippen MR) is 120 cm³/mol. The Hall–Kier alpha value is -1.37. The van der Waals surface area contributed by atoms with Gasteiger partial charge in [-0.1, -0.05) is 0 Å². The monoisotopic (exact) mass is 508 g/mol. The molecule has 0 radical (unpaired) electrons. The Balaban J connectivity index is 2.20. The second kappa shape index (κ2) is 11.7. The minimum absolute atomic E-state index is 0.168. The normalized spacial score (nSPS) is 14.5. The van der Waals surface area contributed by atoms with Crippen molar-refractivity contribution in [2.45, 2.75) is 85.4 Å². The third-order valence-electron chi connectivity index (χ3n) is 6.05. The van der Waals surface area contributed by atoms with Crippen molar-refractivity contribution in [1.29, 1.82) is 0 Å². The molecule has 5 nitrogen and oxygen atoms in total. The molecular weight excluding hydrogens is 471 g/mol. The fourth-order valence-corrected chi connectivity index (χ4v) is 20.1. The van der Waals surface area contributed by atoms with E-state index < -0.39 is 24.3 Å². The number of nitrogens with one attached hydrogen (secondary N) is 1. The Morgan fingerprint density at radius 2 is 1.31 bits per heavy atom. The average Bonchev–Trinajstić information content (AvgIpc) is 3.05. The van der Waals surface area contributed by atoms with Gasteiger partial charge in [-0.2, -0.15) is 0 Å². The number of carbonyl (C=O) groups excluding carboxylic acids is 3. The van der Waals surface area contributed by atoms with E-state index in [-0.39, 0.29) is 24.7 Å². The molecular formula is C23H36N2O3Sn. The van der Waals surface area contributed by atoms with Crippen LogP contribution in [0.2, 0.25) is 13.3 Å².